The number of aliphatic hydroxyl groups is 1. The lowest BCUT2D eigenvalue weighted by Gasteiger charge is -2.15. The van der Waals surface area contributed by atoms with Gasteiger partial charge >= 0.3 is 0 Å². The second-order valence-corrected chi connectivity index (χ2v) is 6.70. The topological polar surface area (TPSA) is 58.6 Å². The number of rotatable bonds is 4. The number of nitrogens with one attached hydrogen (secondary N) is 1. The average Bonchev–Trinajstić information content (AvgIpc) is 2.92. The van der Waals surface area contributed by atoms with Crippen molar-refractivity contribution in [2.45, 2.75) is 13.0 Å². The van der Waals surface area contributed by atoms with Gasteiger partial charge in [-0.15, -0.1) is 23.5 Å². The molecule has 2 N–H and O–H groups in total. The number of amides is 1. The zero-order valence-electron chi connectivity index (χ0n) is 11.4. The quantitative estimate of drug-likeness (QED) is 0.837. The van der Waals surface area contributed by atoms with Gasteiger partial charge in [0.2, 0.25) is 0 Å². The molecule has 1 aromatic rings. The smallest absolute Gasteiger partial charge is 0.255 e. The molecular weight excluding hydrogens is 294 g/mol. The second kappa shape index (κ2) is 7.06. The molecule has 1 aliphatic rings. The molecule has 1 fully saturated rings. The third-order valence-corrected chi connectivity index (χ3v) is 5.53. The second-order valence-electron chi connectivity index (χ2n) is 4.23. The Morgan fingerprint density at radius 2 is 2.00 bits per heavy atom. The Hall–Kier alpha value is -1.11. The number of methoxy groups -OCH3 is 1. The van der Waals surface area contributed by atoms with E-state index in [1.54, 1.807) is 49.7 Å². The number of hydrogen-bond acceptors (Lipinski definition) is 5. The van der Waals surface area contributed by atoms with Gasteiger partial charge in [0.15, 0.2) is 0 Å². The highest BCUT2D eigenvalue weighted by molar-refractivity contribution is 8.25. The molecule has 0 radical (unpaired) electrons. The molecule has 0 aliphatic carbocycles. The van der Waals surface area contributed by atoms with Crippen molar-refractivity contribution in [1.82, 2.24) is 0 Å². The van der Waals surface area contributed by atoms with Gasteiger partial charge in [0, 0.05) is 11.5 Å². The Balaban J connectivity index is 2.23. The summed E-state index contributed by atoms with van der Waals surface area (Å²) in [5.74, 6) is 2.26. The van der Waals surface area contributed by atoms with Crippen molar-refractivity contribution in [3.8, 4) is 5.75 Å². The summed E-state index contributed by atoms with van der Waals surface area (Å²) < 4.78 is 6.12. The fourth-order valence-electron chi connectivity index (χ4n) is 1.86. The summed E-state index contributed by atoms with van der Waals surface area (Å²) in [6, 6.07) is 7.22. The van der Waals surface area contributed by atoms with Crippen molar-refractivity contribution >= 4 is 35.1 Å². The molecule has 6 heteroatoms. The van der Waals surface area contributed by atoms with Gasteiger partial charge in [-0.2, -0.15) is 0 Å². The van der Waals surface area contributed by atoms with Crippen LogP contribution < -0.4 is 10.1 Å². The van der Waals surface area contributed by atoms with Gasteiger partial charge in [-0.3, -0.25) is 4.79 Å². The maximum absolute atomic E-state index is 12.4. The first kappa shape index (κ1) is 15.3. The highest BCUT2D eigenvalue weighted by Gasteiger charge is 2.24. The molecule has 1 atom stereocenters. The molecule has 0 bridgehead atoms. The fraction of sp³-hybridized carbons (Fsp3) is 0.357. The Labute approximate surface area is 127 Å². The number of carbonyl (C=O) groups is 1. The van der Waals surface area contributed by atoms with Gasteiger partial charge in [-0.1, -0.05) is 12.1 Å². The average molecular weight is 311 g/mol. The predicted molar refractivity (Wildman–Crippen MR) is 85.2 cm³/mol. The molecule has 20 heavy (non-hydrogen) atoms. The van der Waals surface area contributed by atoms with E-state index in [2.05, 4.69) is 5.32 Å². The van der Waals surface area contributed by atoms with Crippen molar-refractivity contribution in [2.75, 3.05) is 23.9 Å². The molecule has 2 rings (SSSR count). The number of para-hydroxylation sites is 2. The minimum absolute atomic E-state index is 0.276. The van der Waals surface area contributed by atoms with E-state index in [4.69, 9.17) is 4.74 Å². The number of ether oxygens (including phenoxy) is 1. The van der Waals surface area contributed by atoms with Crippen LogP contribution in [0.5, 0.6) is 5.75 Å². The van der Waals surface area contributed by atoms with Crippen molar-refractivity contribution in [3.63, 3.8) is 0 Å². The van der Waals surface area contributed by atoms with Gasteiger partial charge in [0.1, 0.15) is 5.75 Å². The van der Waals surface area contributed by atoms with Gasteiger partial charge < -0.3 is 15.2 Å². The molecule has 1 aliphatic heterocycles. The number of benzene rings is 1. The summed E-state index contributed by atoms with van der Waals surface area (Å²) in [5.41, 5.74) is 1.04. The molecule has 0 aromatic heterocycles. The van der Waals surface area contributed by atoms with E-state index >= 15 is 0 Å². The summed E-state index contributed by atoms with van der Waals surface area (Å²) in [6.45, 7) is 1.61. The zero-order chi connectivity index (χ0) is 14.5. The van der Waals surface area contributed by atoms with Crippen LogP contribution in [0.15, 0.2) is 34.1 Å². The van der Waals surface area contributed by atoms with Crippen LogP contribution in [0.3, 0.4) is 0 Å². The normalized spacial score (nSPS) is 15.8. The van der Waals surface area contributed by atoms with Crippen LogP contribution in [0.1, 0.15) is 6.92 Å². The maximum Gasteiger partial charge on any atom is 0.255 e. The molecule has 1 amide bonds. The highest BCUT2D eigenvalue weighted by Crippen LogP contribution is 2.40. The van der Waals surface area contributed by atoms with Crippen molar-refractivity contribution in [3.05, 3.63) is 34.1 Å². The first-order valence-corrected chi connectivity index (χ1v) is 8.22. The largest absolute Gasteiger partial charge is 0.495 e. The van der Waals surface area contributed by atoms with Crippen molar-refractivity contribution in [2.24, 2.45) is 0 Å². The first-order chi connectivity index (χ1) is 9.63. The van der Waals surface area contributed by atoms with Gasteiger partial charge in [-0.25, -0.2) is 0 Å². The SMILES string of the molecule is COc1ccccc1NC(=O)C(=C1SCCS1)C(C)O. The maximum atomic E-state index is 12.4. The molecule has 0 saturated carbocycles. The molecule has 1 aromatic carbocycles. The Kier molecular flexibility index (Phi) is 5.39. The number of hydrogen-bond donors (Lipinski definition) is 2. The minimum Gasteiger partial charge on any atom is -0.495 e. The van der Waals surface area contributed by atoms with E-state index in [-0.39, 0.29) is 5.91 Å². The highest BCUT2D eigenvalue weighted by atomic mass is 32.2. The molecule has 1 saturated heterocycles. The summed E-state index contributed by atoms with van der Waals surface area (Å²) >= 11 is 3.24. The molecule has 1 unspecified atom stereocenters. The predicted octanol–water partition coefficient (Wildman–Crippen LogP) is 2.71. The lowest BCUT2D eigenvalue weighted by Crippen LogP contribution is -2.23. The molecule has 4 nitrogen and oxygen atoms in total. The molecule has 0 spiro atoms. The van der Waals surface area contributed by atoms with Crippen LogP contribution in [0.2, 0.25) is 0 Å². The number of aliphatic hydroxyl groups excluding tert-OH is 1. The minimum atomic E-state index is -0.794. The van der Waals surface area contributed by atoms with Crippen molar-refractivity contribution < 1.29 is 14.6 Å². The van der Waals surface area contributed by atoms with E-state index in [0.717, 1.165) is 15.7 Å². The summed E-state index contributed by atoms with van der Waals surface area (Å²) in [4.78, 5) is 12.4. The van der Waals surface area contributed by atoms with E-state index in [0.29, 0.717) is 17.0 Å². The van der Waals surface area contributed by atoms with Crippen LogP contribution in [-0.2, 0) is 4.79 Å². The zero-order valence-corrected chi connectivity index (χ0v) is 13.0. The van der Waals surface area contributed by atoms with E-state index in [1.807, 2.05) is 12.1 Å². The summed E-state index contributed by atoms with van der Waals surface area (Å²) in [7, 11) is 1.56. The van der Waals surface area contributed by atoms with Crippen molar-refractivity contribution in [1.29, 1.82) is 0 Å². The lowest BCUT2D eigenvalue weighted by molar-refractivity contribution is -0.113. The van der Waals surface area contributed by atoms with Crippen LogP contribution in [0, 0.1) is 0 Å². The summed E-state index contributed by atoms with van der Waals surface area (Å²) in [6.07, 6.45) is -0.794. The number of anilines is 1. The van der Waals surface area contributed by atoms with Gasteiger partial charge in [0.25, 0.3) is 5.91 Å². The molecular formula is C14H17NO3S2. The monoisotopic (exact) mass is 311 g/mol. The number of carbonyl (C=O) groups excluding carboxylic acids is 1. The Morgan fingerprint density at radius 1 is 1.35 bits per heavy atom. The van der Waals surface area contributed by atoms with Gasteiger partial charge in [0.05, 0.1) is 28.7 Å². The lowest BCUT2D eigenvalue weighted by atomic mass is 10.1. The van der Waals surface area contributed by atoms with Crippen LogP contribution >= 0.6 is 23.5 Å². The van der Waals surface area contributed by atoms with Crippen LogP contribution in [0.4, 0.5) is 5.69 Å². The summed E-state index contributed by atoms with van der Waals surface area (Å²) in [5, 5.41) is 12.7. The fourth-order valence-corrected chi connectivity index (χ4v) is 4.56. The third-order valence-electron chi connectivity index (χ3n) is 2.79. The Bertz CT molecular complexity index is 521. The van der Waals surface area contributed by atoms with E-state index < -0.39 is 6.10 Å². The standard InChI is InChI=1S/C14H17NO3S2/c1-9(16)12(14-19-7-8-20-14)13(17)15-10-5-3-4-6-11(10)18-2/h3-6,9,16H,7-8H2,1-2H3,(H,15,17). The molecule has 108 valence electrons. The third kappa shape index (κ3) is 3.50. The Morgan fingerprint density at radius 3 is 2.60 bits per heavy atom. The number of thioether (sulfide) groups is 2. The van der Waals surface area contributed by atoms with E-state index in [9.17, 15) is 9.90 Å². The van der Waals surface area contributed by atoms with Crippen LogP contribution in [0.25, 0.3) is 0 Å². The molecule has 1 heterocycles. The van der Waals surface area contributed by atoms with Gasteiger partial charge in [-0.05, 0) is 19.1 Å². The van der Waals surface area contributed by atoms with Crippen LogP contribution in [-0.4, -0.2) is 35.7 Å². The van der Waals surface area contributed by atoms with E-state index in [1.165, 1.54) is 0 Å². The first-order valence-electron chi connectivity index (χ1n) is 6.25.